The molecule has 188 valence electrons. The summed E-state index contributed by atoms with van der Waals surface area (Å²) in [6.07, 6.45) is 7.91. The first-order valence-electron chi connectivity index (χ1n) is 12.1. The normalized spacial score (nSPS) is 19.7. The first kappa shape index (κ1) is 23.7. The third kappa shape index (κ3) is 5.30. The van der Waals surface area contributed by atoms with Crippen molar-refractivity contribution in [2.24, 2.45) is 18.7 Å². The number of hydrogen-bond acceptors (Lipinski definition) is 8. The summed E-state index contributed by atoms with van der Waals surface area (Å²) in [4.78, 5) is 35.7. The summed E-state index contributed by atoms with van der Waals surface area (Å²) in [7, 11) is 1.78. The molecule has 0 spiro atoms. The summed E-state index contributed by atoms with van der Waals surface area (Å²) in [5.74, 6) is 0.459. The van der Waals surface area contributed by atoms with E-state index in [9.17, 15) is 14.7 Å². The molecule has 5 rings (SSSR count). The van der Waals surface area contributed by atoms with Gasteiger partial charge in [-0.2, -0.15) is 5.10 Å². The van der Waals surface area contributed by atoms with Crippen LogP contribution in [0.15, 0.2) is 42.9 Å². The maximum Gasteiger partial charge on any atom is 0.271 e. The van der Waals surface area contributed by atoms with Crippen molar-refractivity contribution >= 4 is 29.1 Å². The highest BCUT2D eigenvalue weighted by Crippen LogP contribution is 2.39. The van der Waals surface area contributed by atoms with Gasteiger partial charge in [-0.25, -0.2) is 9.97 Å². The third-order valence-corrected chi connectivity index (χ3v) is 6.64. The molecule has 2 aliphatic rings. The largest absolute Gasteiger partial charge is 0.396 e. The number of aliphatic hydroxyl groups is 1. The number of carbonyl (C=O) groups excluding carboxylic acids is 2. The number of carbonyl (C=O) groups is 2. The molecule has 2 fully saturated rings. The Morgan fingerprint density at radius 3 is 2.58 bits per heavy atom. The maximum atomic E-state index is 12.9. The van der Waals surface area contributed by atoms with Crippen LogP contribution >= 0.6 is 0 Å². The molecule has 2 amide bonds. The van der Waals surface area contributed by atoms with Crippen LogP contribution in [-0.4, -0.2) is 62.4 Å². The summed E-state index contributed by atoms with van der Waals surface area (Å²) in [5, 5.41) is 20.2. The van der Waals surface area contributed by atoms with Crippen molar-refractivity contribution in [3.05, 3.63) is 59.7 Å². The maximum absolute atomic E-state index is 12.9. The Kier molecular flexibility index (Phi) is 6.55. The molecule has 11 nitrogen and oxygen atoms in total. The van der Waals surface area contributed by atoms with E-state index in [2.05, 4.69) is 25.7 Å². The van der Waals surface area contributed by atoms with E-state index in [0.717, 1.165) is 0 Å². The molecular formula is C25H30N8O3. The number of piperidine rings is 1. The lowest BCUT2D eigenvalue weighted by molar-refractivity contribution is 0.0918. The van der Waals surface area contributed by atoms with Gasteiger partial charge in [-0.3, -0.25) is 14.3 Å². The number of nitrogens with zero attached hydrogens (tertiary/aromatic N) is 5. The standard InChI is InChI=1S/C25H30N8O3/c1-32-12-20(9-28-32)29-24-22(23(26)35)27-10-21(31-24)33-11-15(14-34)8-19(13-33)30-25(36)18-6-4-17(5-7-18)16-2-3-16/h4-7,9-10,12,15-16,19,34H,2-3,8,11,13-14H2,1H3,(H2,26,35)(H,29,31)(H,30,36)/t15-,19+/m1/s1. The lowest BCUT2D eigenvalue weighted by atomic mass is 9.94. The minimum absolute atomic E-state index is 0.0119. The first-order chi connectivity index (χ1) is 17.4. The molecule has 3 heterocycles. The van der Waals surface area contributed by atoms with Crippen molar-refractivity contribution in [1.29, 1.82) is 0 Å². The predicted octanol–water partition coefficient (Wildman–Crippen LogP) is 1.55. The molecule has 1 aliphatic heterocycles. The number of amides is 2. The van der Waals surface area contributed by atoms with E-state index in [4.69, 9.17) is 5.73 Å². The van der Waals surface area contributed by atoms with Gasteiger partial charge in [-0.05, 0) is 42.9 Å². The van der Waals surface area contributed by atoms with E-state index in [1.54, 1.807) is 24.1 Å². The number of aryl methyl sites for hydroxylation is 1. The third-order valence-electron chi connectivity index (χ3n) is 6.64. The van der Waals surface area contributed by atoms with Crippen molar-refractivity contribution in [2.45, 2.75) is 31.2 Å². The molecule has 1 saturated heterocycles. The number of nitrogens with two attached hydrogens (primary N) is 1. The fourth-order valence-corrected chi connectivity index (χ4v) is 4.64. The molecule has 5 N–H and O–H groups in total. The predicted molar refractivity (Wildman–Crippen MR) is 134 cm³/mol. The molecule has 1 saturated carbocycles. The molecule has 1 aromatic carbocycles. The topological polar surface area (TPSA) is 151 Å². The van der Waals surface area contributed by atoms with Crippen LogP contribution in [0.5, 0.6) is 0 Å². The Morgan fingerprint density at radius 1 is 1.17 bits per heavy atom. The molecule has 2 aromatic heterocycles. The second kappa shape index (κ2) is 9.94. The molecule has 1 aliphatic carbocycles. The molecule has 2 atom stereocenters. The second-order valence-electron chi connectivity index (χ2n) is 9.57. The number of primary amides is 1. The average molecular weight is 491 g/mol. The average Bonchev–Trinajstić information content (AvgIpc) is 3.65. The van der Waals surface area contributed by atoms with Gasteiger partial charge in [0.1, 0.15) is 5.82 Å². The van der Waals surface area contributed by atoms with Crippen LogP contribution in [0.1, 0.15) is 51.6 Å². The van der Waals surface area contributed by atoms with E-state index in [1.165, 1.54) is 24.6 Å². The zero-order valence-electron chi connectivity index (χ0n) is 20.1. The van der Waals surface area contributed by atoms with Crippen LogP contribution in [0.3, 0.4) is 0 Å². The molecular weight excluding hydrogens is 460 g/mol. The summed E-state index contributed by atoms with van der Waals surface area (Å²) in [5.41, 5.74) is 8.06. The number of nitrogens with one attached hydrogen (secondary N) is 2. The highest BCUT2D eigenvalue weighted by atomic mass is 16.3. The van der Waals surface area contributed by atoms with Crippen molar-refractivity contribution in [3.63, 3.8) is 0 Å². The Morgan fingerprint density at radius 2 is 1.94 bits per heavy atom. The van der Waals surface area contributed by atoms with Gasteiger partial charge in [0.15, 0.2) is 11.5 Å². The smallest absolute Gasteiger partial charge is 0.271 e. The minimum Gasteiger partial charge on any atom is -0.396 e. The van der Waals surface area contributed by atoms with Crippen molar-refractivity contribution in [3.8, 4) is 0 Å². The lowest BCUT2D eigenvalue weighted by Gasteiger charge is -2.38. The Balaban J connectivity index is 1.33. The van der Waals surface area contributed by atoms with Gasteiger partial charge in [0.2, 0.25) is 0 Å². The van der Waals surface area contributed by atoms with Gasteiger partial charge in [0.05, 0.1) is 18.1 Å². The molecule has 36 heavy (non-hydrogen) atoms. The van der Waals surface area contributed by atoms with Crippen molar-refractivity contribution < 1.29 is 14.7 Å². The molecule has 11 heteroatoms. The van der Waals surface area contributed by atoms with Crippen LogP contribution in [0.4, 0.5) is 17.3 Å². The lowest BCUT2D eigenvalue weighted by Crippen LogP contribution is -2.52. The van der Waals surface area contributed by atoms with Crippen LogP contribution in [0, 0.1) is 5.92 Å². The quantitative estimate of drug-likeness (QED) is 0.371. The number of anilines is 3. The SMILES string of the molecule is Cn1cc(Nc2nc(N3C[C@H](CO)C[C@H](NC(=O)c4ccc(C5CC5)cc4)C3)cnc2C(N)=O)cn1. The van der Waals surface area contributed by atoms with Gasteiger partial charge < -0.3 is 26.4 Å². The number of rotatable bonds is 8. The monoisotopic (exact) mass is 490 g/mol. The number of aliphatic hydroxyl groups excluding tert-OH is 1. The number of hydrogen-bond donors (Lipinski definition) is 4. The van der Waals surface area contributed by atoms with Crippen molar-refractivity contribution in [2.75, 3.05) is 29.9 Å². The van der Waals surface area contributed by atoms with E-state index in [-0.39, 0.29) is 36.0 Å². The minimum atomic E-state index is -0.704. The molecule has 0 radical (unpaired) electrons. The van der Waals surface area contributed by atoms with E-state index < -0.39 is 5.91 Å². The van der Waals surface area contributed by atoms with Gasteiger partial charge in [-0.15, -0.1) is 0 Å². The summed E-state index contributed by atoms with van der Waals surface area (Å²) in [6, 6.07) is 7.61. The van der Waals surface area contributed by atoms with Gasteiger partial charge in [0, 0.05) is 50.5 Å². The van der Waals surface area contributed by atoms with Crippen LogP contribution in [0.2, 0.25) is 0 Å². The second-order valence-corrected chi connectivity index (χ2v) is 9.57. The van der Waals surface area contributed by atoms with Gasteiger partial charge in [0.25, 0.3) is 11.8 Å². The highest BCUT2D eigenvalue weighted by molar-refractivity contribution is 5.96. The van der Waals surface area contributed by atoms with Gasteiger partial charge >= 0.3 is 0 Å². The van der Waals surface area contributed by atoms with Gasteiger partial charge in [-0.1, -0.05) is 12.1 Å². The van der Waals surface area contributed by atoms with Crippen LogP contribution in [-0.2, 0) is 7.05 Å². The van der Waals surface area contributed by atoms with E-state index in [1.807, 2.05) is 29.2 Å². The fourth-order valence-electron chi connectivity index (χ4n) is 4.64. The summed E-state index contributed by atoms with van der Waals surface area (Å²) < 4.78 is 1.62. The first-order valence-corrected chi connectivity index (χ1v) is 12.1. The summed E-state index contributed by atoms with van der Waals surface area (Å²) in [6.45, 7) is 1.00. The molecule has 0 unspecified atom stereocenters. The Bertz CT molecular complexity index is 1250. The zero-order valence-corrected chi connectivity index (χ0v) is 20.1. The zero-order chi connectivity index (χ0) is 25.2. The van der Waals surface area contributed by atoms with Crippen LogP contribution < -0.4 is 21.3 Å². The number of benzene rings is 1. The van der Waals surface area contributed by atoms with Crippen LogP contribution in [0.25, 0.3) is 0 Å². The summed E-state index contributed by atoms with van der Waals surface area (Å²) >= 11 is 0. The highest BCUT2D eigenvalue weighted by Gasteiger charge is 2.30. The van der Waals surface area contributed by atoms with E-state index in [0.29, 0.717) is 42.5 Å². The Labute approximate surface area is 208 Å². The number of aromatic nitrogens is 4. The molecule has 3 aromatic rings. The Hall–Kier alpha value is -3.99. The van der Waals surface area contributed by atoms with Crippen molar-refractivity contribution in [1.82, 2.24) is 25.1 Å². The van der Waals surface area contributed by atoms with E-state index >= 15 is 0 Å². The fraction of sp³-hybridized carbons (Fsp3) is 0.400. The molecule has 0 bridgehead atoms.